The highest BCUT2D eigenvalue weighted by atomic mass is 16.2. The maximum absolute atomic E-state index is 14.1. The number of benzene rings is 1. The van der Waals surface area contributed by atoms with Crippen LogP contribution in [0, 0.1) is 23.7 Å². The number of piperidine rings is 1. The van der Waals surface area contributed by atoms with Gasteiger partial charge in [0.05, 0.1) is 0 Å². The summed E-state index contributed by atoms with van der Waals surface area (Å²) in [5.74, 6) is 7.94. The minimum Gasteiger partial charge on any atom is -0.335 e. The van der Waals surface area contributed by atoms with Crippen molar-refractivity contribution >= 4 is 5.91 Å². The van der Waals surface area contributed by atoms with Crippen molar-refractivity contribution in [2.45, 2.75) is 110 Å². The van der Waals surface area contributed by atoms with Crippen molar-refractivity contribution in [3.63, 3.8) is 0 Å². The van der Waals surface area contributed by atoms with Crippen LogP contribution in [-0.2, 0) is 17.9 Å². The number of unbranched alkanes of at least 4 members (excludes halogenated alkanes) is 3. The van der Waals surface area contributed by atoms with Crippen molar-refractivity contribution in [1.29, 1.82) is 0 Å². The number of likely N-dealkylation sites (tertiary alicyclic amines) is 1. The van der Waals surface area contributed by atoms with E-state index in [1.165, 1.54) is 49.7 Å². The SMILES string of the molecule is CCCC#Cc1ccc(CN(C(=O)C2CCC(CCCCC)CC2)C2CCN(Cc3ccncc3)CC2)cc1. The summed E-state index contributed by atoms with van der Waals surface area (Å²) in [5.41, 5.74) is 3.60. The molecule has 210 valence electrons. The van der Waals surface area contributed by atoms with Gasteiger partial charge in [-0.3, -0.25) is 14.7 Å². The van der Waals surface area contributed by atoms with Gasteiger partial charge < -0.3 is 4.90 Å². The summed E-state index contributed by atoms with van der Waals surface area (Å²) in [7, 11) is 0. The lowest BCUT2D eigenvalue weighted by Crippen LogP contribution is -2.49. The quantitative estimate of drug-likeness (QED) is 0.223. The summed E-state index contributed by atoms with van der Waals surface area (Å²) in [6, 6.07) is 13.1. The van der Waals surface area contributed by atoms with Crippen LogP contribution in [0.1, 0.15) is 108 Å². The molecule has 2 heterocycles. The Kier molecular flexibility index (Phi) is 11.9. The Balaban J connectivity index is 1.39. The molecule has 1 saturated heterocycles. The Morgan fingerprint density at radius 3 is 2.28 bits per heavy atom. The van der Waals surface area contributed by atoms with Crippen molar-refractivity contribution < 1.29 is 4.79 Å². The van der Waals surface area contributed by atoms with Gasteiger partial charge in [0, 0.05) is 62.5 Å². The Bertz CT molecular complexity index is 1040. The second kappa shape index (κ2) is 15.8. The minimum atomic E-state index is 0.196. The number of rotatable bonds is 11. The van der Waals surface area contributed by atoms with Gasteiger partial charge in [-0.2, -0.15) is 0 Å². The van der Waals surface area contributed by atoms with Gasteiger partial charge in [-0.15, -0.1) is 0 Å². The van der Waals surface area contributed by atoms with Gasteiger partial charge in [-0.25, -0.2) is 0 Å². The summed E-state index contributed by atoms with van der Waals surface area (Å²) in [6.07, 6.45) is 17.8. The number of nitrogens with zero attached hydrogens (tertiary/aromatic N) is 3. The van der Waals surface area contributed by atoms with Crippen molar-refractivity contribution in [2.24, 2.45) is 11.8 Å². The van der Waals surface area contributed by atoms with E-state index in [1.807, 2.05) is 12.4 Å². The first-order chi connectivity index (χ1) is 19.2. The standard InChI is InChI=1S/C35H49N3O/c1-3-5-7-9-29-11-13-31(14-12-29)28-38(35(39)33-17-15-30(16-18-33)10-8-6-4-2)34-21-25-37(26-22-34)27-32-19-23-36-24-20-32/h11-14,19-20,23-24,30,33-34H,3-6,8,10,15-18,21-22,25-28H2,1-2H3. The van der Waals surface area contributed by atoms with E-state index in [2.05, 4.69) is 76.9 Å². The maximum Gasteiger partial charge on any atom is 0.226 e. The molecule has 0 bridgehead atoms. The van der Waals surface area contributed by atoms with E-state index in [0.29, 0.717) is 18.5 Å². The van der Waals surface area contributed by atoms with Crippen LogP contribution in [0.5, 0.6) is 0 Å². The normalized spacial score (nSPS) is 20.3. The monoisotopic (exact) mass is 527 g/mol. The molecule has 1 aromatic carbocycles. The molecule has 2 aliphatic rings. The molecule has 1 aromatic heterocycles. The number of pyridine rings is 1. The second-order valence-electron chi connectivity index (χ2n) is 11.8. The van der Waals surface area contributed by atoms with Crippen LogP contribution >= 0.6 is 0 Å². The predicted molar refractivity (Wildman–Crippen MR) is 161 cm³/mol. The van der Waals surface area contributed by atoms with Crippen LogP contribution in [0.25, 0.3) is 0 Å². The Morgan fingerprint density at radius 1 is 0.897 bits per heavy atom. The van der Waals surface area contributed by atoms with Gasteiger partial charge in [0.25, 0.3) is 0 Å². The molecule has 4 nitrogen and oxygen atoms in total. The van der Waals surface area contributed by atoms with Gasteiger partial charge in [0.15, 0.2) is 0 Å². The molecule has 4 rings (SSSR count). The zero-order valence-electron chi connectivity index (χ0n) is 24.4. The fourth-order valence-electron chi connectivity index (χ4n) is 6.32. The first-order valence-electron chi connectivity index (χ1n) is 15.7. The fourth-order valence-corrected chi connectivity index (χ4v) is 6.32. The van der Waals surface area contributed by atoms with Crippen molar-refractivity contribution in [1.82, 2.24) is 14.8 Å². The molecule has 1 aliphatic carbocycles. The van der Waals surface area contributed by atoms with Crippen molar-refractivity contribution in [3.8, 4) is 11.8 Å². The van der Waals surface area contributed by atoms with E-state index in [1.54, 1.807) is 0 Å². The van der Waals surface area contributed by atoms with Crippen molar-refractivity contribution in [3.05, 3.63) is 65.5 Å². The molecule has 1 aliphatic heterocycles. The average Bonchev–Trinajstić information content (AvgIpc) is 2.98. The van der Waals surface area contributed by atoms with E-state index < -0.39 is 0 Å². The topological polar surface area (TPSA) is 36.4 Å². The van der Waals surface area contributed by atoms with E-state index >= 15 is 0 Å². The number of hydrogen-bond donors (Lipinski definition) is 0. The van der Waals surface area contributed by atoms with Crippen LogP contribution in [0.15, 0.2) is 48.8 Å². The molecule has 0 spiro atoms. The smallest absolute Gasteiger partial charge is 0.226 e. The molecule has 2 fully saturated rings. The third-order valence-corrected chi connectivity index (χ3v) is 8.76. The van der Waals surface area contributed by atoms with Crippen LogP contribution < -0.4 is 0 Å². The molecular weight excluding hydrogens is 478 g/mol. The number of carbonyl (C=O) groups is 1. The van der Waals surface area contributed by atoms with Crippen molar-refractivity contribution in [2.75, 3.05) is 13.1 Å². The van der Waals surface area contributed by atoms with Gasteiger partial charge in [-0.05, 0) is 86.3 Å². The molecule has 1 saturated carbocycles. The molecule has 4 heteroatoms. The second-order valence-corrected chi connectivity index (χ2v) is 11.8. The zero-order chi connectivity index (χ0) is 27.3. The number of carbonyl (C=O) groups excluding carboxylic acids is 1. The largest absolute Gasteiger partial charge is 0.335 e. The minimum absolute atomic E-state index is 0.196. The maximum atomic E-state index is 14.1. The highest BCUT2D eigenvalue weighted by Gasteiger charge is 2.34. The third-order valence-electron chi connectivity index (χ3n) is 8.76. The van der Waals surface area contributed by atoms with Crippen LogP contribution in [0.3, 0.4) is 0 Å². The highest BCUT2D eigenvalue weighted by Crippen LogP contribution is 2.34. The Hall–Kier alpha value is -2.64. The summed E-state index contributed by atoms with van der Waals surface area (Å²) in [5, 5.41) is 0. The lowest BCUT2D eigenvalue weighted by molar-refractivity contribution is -0.141. The molecular formula is C35H49N3O. The number of hydrogen-bond acceptors (Lipinski definition) is 3. The van der Waals surface area contributed by atoms with Gasteiger partial charge in [-0.1, -0.05) is 63.5 Å². The first kappa shape index (κ1) is 29.3. The van der Waals surface area contributed by atoms with E-state index in [4.69, 9.17) is 0 Å². The van der Waals surface area contributed by atoms with Crippen LogP contribution in [0.4, 0.5) is 0 Å². The summed E-state index contributed by atoms with van der Waals surface area (Å²) >= 11 is 0. The molecule has 1 amide bonds. The summed E-state index contributed by atoms with van der Waals surface area (Å²) in [6.45, 7) is 8.19. The number of amides is 1. The molecule has 0 atom stereocenters. The van der Waals surface area contributed by atoms with E-state index in [9.17, 15) is 4.79 Å². The highest BCUT2D eigenvalue weighted by molar-refractivity contribution is 5.79. The molecule has 0 N–H and O–H groups in total. The molecule has 0 radical (unpaired) electrons. The molecule has 2 aromatic rings. The lowest BCUT2D eigenvalue weighted by atomic mass is 9.79. The fraction of sp³-hybridized carbons (Fsp3) is 0.600. The zero-order valence-corrected chi connectivity index (χ0v) is 24.4. The lowest BCUT2D eigenvalue weighted by Gasteiger charge is -2.41. The van der Waals surface area contributed by atoms with Gasteiger partial charge in [0.1, 0.15) is 0 Å². The Morgan fingerprint density at radius 2 is 1.62 bits per heavy atom. The van der Waals surface area contributed by atoms with Gasteiger partial charge in [0.2, 0.25) is 5.91 Å². The average molecular weight is 528 g/mol. The molecule has 0 unspecified atom stereocenters. The third kappa shape index (κ3) is 9.21. The summed E-state index contributed by atoms with van der Waals surface area (Å²) < 4.78 is 0. The van der Waals surface area contributed by atoms with Crippen LogP contribution in [0.2, 0.25) is 0 Å². The molecule has 39 heavy (non-hydrogen) atoms. The van der Waals surface area contributed by atoms with E-state index in [0.717, 1.165) is 69.6 Å². The summed E-state index contributed by atoms with van der Waals surface area (Å²) in [4.78, 5) is 23.0. The Labute approximate surface area is 237 Å². The van der Waals surface area contributed by atoms with Crippen LogP contribution in [-0.4, -0.2) is 39.8 Å². The first-order valence-corrected chi connectivity index (χ1v) is 15.7. The predicted octanol–water partition coefficient (Wildman–Crippen LogP) is 7.61. The van der Waals surface area contributed by atoms with Gasteiger partial charge >= 0.3 is 0 Å². The van der Waals surface area contributed by atoms with E-state index in [-0.39, 0.29) is 5.92 Å². The number of aromatic nitrogens is 1.